The van der Waals surface area contributed by atoms with Gasteiger partial charge in [-0.2, -0.15) is 0 Å². The number of hydrogen-bond donors (Lipinski definition) is 2. The maximum absolute atomic E-state index is 12.2. The lowest BCUT2D eigenvalue weighted by atomic mass is 9.96. The number of Topliss-reactive ketones (excluding diaryl/α,β-unsaturated/α-hetero) is 1. The van der Waals surface area contributed by atoms with Crippen molar-refractivity contribution in [1.82, 2.24) is 0 Å². The molecule has 162 valence electrons. The summed E-state index contributed by atoms with van der Waals surface area (Å²) in [6.45, 7) is 5.48. The Balaban J connectivity index is 2.49. The number of rotatable bonds is 14. The fraction of sp³-hybridized carbons (Fsp3) is 0.571. The number of aliphatic carboxylic acids is 1. The van der Waals surface area contributed by atoms with Gasteiger partial charge in [-0.1, -0.05) is 24.3 Å². The van der Waals surface area contributed by atoms with Crippen molar-refractivity contribution in [2.75, 3.05) is 19.0 Å². The lowest BCUT2D eigenvalue weighted by Gasteiger charge is -2.16. The maximum atomic E-state index is 12.2. The Bertz CT molecular complexity index is 665. The summed E-state index contributed by atoms with van der Waals surface area (Å²) < 4.78 is 10.4. The van der Waals surface area contributed by atoms with Crippen molar-refractivity contribution in [2.45, 2.75) is 52.1 Å². The largest absolute Gasteiger partial charge is 0.481 e. The monoisotopic (exact) mass is 426 g/mol. The minimum atomic E-state index is -1.43. The van der Waals surface area contributed by atoms with Gasteiger partial charge < -0.3 is 19.1 Å². The van der Waals surface area contributed by atoms with Gasteiger partial charge in [0.25, 0.3) is 0 Å². The van der Waals surface area contributed by atoms with Crippen LogP contribution in [-0.2, 0) is 24.9 Å². The SMILES string of the molecule is CCOSCCCC(CC(=O)O)C(=O)OCCc1ccc(C(=O)C(C)(C)O)cc1. The summed E-state index contributed by atoms with van der Waals surface area (Å²) >= 11 is 1.31. The third-order valence-corrected chi connectivity index (χ3v) is 5.00. The second-order valence-electron chi connectivity index (χ2n) is 7.17. The first-order valence-electron chi connectivity index (χ1n) is 9.64. The molecule has 2 N–H and O–H groups in total. The van der Waals surface area contributed by atoms with Gasteiger partial charge in [-0.25, -0.2) is 0 Å². The number of carbonyl (C=O) groups is 3. The Labute approximate surface area is 176 Å². The average molecular weight is 427 g/mol. The van der Waals surface area contributed by atoms with E-state index >= 15 is 0 Å². The number of carbonyl (C=O) groups excluding carboxylic acids is 2. The fourth-order valence-corrected chi connectivity index (χ4v) is 3.18. The highest BCUT2D eigenvalue weighted by molar-refractivity contribution is 7.94. The fourth-order valence-electron chi connectivity index (χ4n) is 2.61. The first-order chi connectivity index (χ1) is 13.6. The lowest BCUT2D eigenvalue weighted by Crippen LogP contribution is -2.31. The molecule has 0 aliphatic rings. The van der Waals surface area contributed by atoms with Gasteiger partial charge in [0.15, 0.2) is 5.78 Å². The van der Waals surface area contributed by atoms with Crippen molar-refractivity contribution in [1.29, 1.82) is 0 Å². The summed E-state index contributed by atoms with van der Waals surface area (Å²) in [6.07, 6.45) is 1.28. The Morgan fingerprint density at radius 2 is 1.83 bits per heavy atom. The maximum Gasteiger partial charge on any atom is 0.309 e. The molecule has 0 radical (unpaired) electrons. The molecule has 29 heavy (non-hydrogen) atoms. The number of carboxylic acids is 1. The van der Waals surface area contributed by atoms with Crippen LogP contribution in [0.4, 0.5) is 0 Å². The van der Waals surface area contributed by atoms with Crippen molar-refractivity contribution in [3.63, 3.8) is 0 Å². The summed E-state index contributed by atoms with van der Waals surface area (Å²) in [4.78, 5) is 35.3. The van der Waals surface area contributed by atoms with Crippen LogP contribution in [0.2, 0.25) is 0 Å². The topological polar surface area (TPSA) is 110 Å². The predicted molar refractivity (Wildman–Crippen MR) is 111 cm³/mol. The Morgan fingerprint density at radius 3 is 2.38 bits per heavy atom. The van der Waals surface area contributed by atoms with Crippen LogP contribution >= 0.6 is 12.0 Å². The highest BCUT2D eigenvalue weighted by atomic mass is 32.2. The third-order valence-electron chi connectivity index (χ3n) is 4.14. The molecule has 1 unspecified atom stereocenters. The summed E-state index contributed by atoms with van der Waals surface area (Å²) in [5.41, 5.74) is -0.158. The van der Waals surface area contributed by atoms with Crippen LogP contribution in [0.3, 0.4) is 0 Å². The van der Waals surface area contributed by atoms with Gasteiger partial charge in [0.1, 0.15) is 5.60 Å². The van der Waals surface area contributed by atoms with Crippen LogP contribution in [-0.4, -0.2) is 52.5 Å². The Morgan fingerprint density at radius 1 is 1.17 bits per heavy atom. The number of ketones is 1. The van der Waals surface area contributed by atoms with E-state index in [1.165, 1.54) is 25.9 Å². The smallest absolute Gasteiger partial charge is 0.309 e. The summed E-state index contributed by atoms with van der Waals surface area (Å²) in [6, 6.07) is 6.74. The molecular weight excluding hydrogens is 396 g/mol. The molecule has 1 atom stereocenters. The first-order valence-corrected chi connectivity index (χ1v) is 10.5. The van der Waals surface area contributed by atoms with E-state index in [-0.39, 0.29) is 18.8 Å². The van der Waals surface area contributed by atoms with Crippen molar-refractivity contribution in [3.8, 4) is 0 Å². The van der Waals surface area contributed by atoms with E-state index in [0.29, 0.717) is 37.2 Å². The molecule has 0 bridgehead atoms. The molecule has 7 nitrogen and oxygen atoms in total. The standard InChI is InChI=1S/C21H30O7S/c1-4-28-29-13-5-6-17(14-18(22)23)20(25)27-12-11-15-7-9-16(10-8-15)19(24)21(2,3)26/h7-10,17,26H,4-6,11-14H2,1-3H3,(H,22,23). The van der Waals surface area contributed by atoms with Gasteiger partial charge in [0.05, 0.1) is 25.6 Å². The zero-order chi connectivity index (χ0) is 21.9. The molecule has 0 saturated carbocycles. The zero-order valence-corrected chi connectivity index (χ0v) is 18.0. The quantitative estimate of drug-likeness (QED) is 0.202. The molecule has 0 aromatic heterocycles. The molecule has 0 heterocycles. The average Bonchev–Trinajstić information content (AvgIpc) is 2.65. The molecular formula is C21H30O7S. The van der Waals surface area contributed by atoms with Crippen molar-refractivity contribution < 1.29 is 33.5 Å². The van der Waals surface area contributed by atoms with E-state index in [4.69, 9.17) is 14.0 Å². The molecule has 1 aromatic carbocycles. The second-order valence-corrected chi connectivity index (χ2v) is 8.05. The van der Waals surface area contributed by atoms with Gasteiger partial charge in [-0.05, 0) is 51.2 Å². The molecule has 0 amide bonds. The van der Waals surface area contributed by atoms with Crippen molar-refractivity contribution in [3.05, 3.63) is 35.4 Å². The van der Waals surface area contributed by atoms with Crippen LogP contribution < -0.4 is 0 Å². The van der Waals surface area contributed by atoms with Crippen molar-refractivity contribution >= 4 is 29.8 Å². The summed E-state index contributed by atoms with van der Waals surface area (Å²) in [7, 11) is 0. The normalized spacial score (nSPS) is 12.4. The van der Waals surface area contributed by atoms with Gasteiger partial charge >= 0.3 is 11.9 Å². The highest BCUT2D eigenvalue weighted by Crippen LogP contribution is 2.17. The minimum Gasteiger partial charge on any atom is -0.481 e. The van der Waals surface area contributed by atoms with E-state index < -0.39 is 23.5 Å². The highest BCUT2D eigenvalue weighted by Gasteiger charge is 2.25. The van der Waals surface area contributed by atoms with Crippen LogP contribution in [0.15, 0.2) is 24.3 Å². The van der Waals surface area contributed by atoms with Crippen LogP contribution in [0.5, 0.6) is 0 Å². The molecule has 0 spiro atoms. The van der Waals surface area contributed by atoms with Gasteiger partial charge in [0, 0.05) is 17.7 Å². The van der Waals surface area contributed by atoms with Gasteiger partial charge in [0.2, 0.25) is 0 Å². The predicted octanol–water partition coefficient (Wildman–Crippen LogP) is 3.28. The molecule has 0 aliphatic carbocycles. The zero-order valence-electron chi connectivity index (χ0n) is 17.2. The van der Waals surface area contributed by atoms with Crippen LogP contribution in [0, 0.1) is 5.92 Å². The van der Waals surface area contributed by atoms with E-state index in [0.717, 1.165) is 5.56 Å². The Kier molecular flexibility index (Phi) is 10.9. The molecule has 1 aromatic rings. The van der Waals surface area contributed by atoms with Gasteiger partial charge in [-0.3, -0.25) is 14.4 Å². The number of carboxylic acid groups (broad SMARTS) is 1. The van der Waals surface area contributed by atoms with E-state index in [1.54, 1.807) is 24.3 Å². The van der Waals surface area contributed by atoms with E-state index in [2.05, 4.69) is 0 Å². The second kappa shape index (κ2) is 12.6. The molecule has 8 heteroatoms. The third kappa shape index (κ3) is 9.92. The number of benzene rings is 1. The molecule has 0 fully saturated rings. The van der Waals surface area contributed by atoms with Crippen molar-refractivity contribution in [2.24, 2.45) is 5.92 Å². The number of esters is 1. The summed E-state index contributed by atoms with van der Waals surface area (Å²) in [5.74, 6) is -1.90. The van der Waals surface area contributed by atoms with E-state index in [1.807, 2.05) is 6.92 Å². The minimum absolute atomic E-state index is 0.126. The lowest BCUT2D eigenvalue weighted by molar-refractivity contribution is -0.153. The van der Waals surface area contributed by atoms with E-state index in [9.17, 15) is 19.5 Å². The number of hydrogen-bond acceptors (Lipinski definition) is 7. The number of ether oxygens (including phenoxy) is 1. The van der Waals surface area contributed by atoms with Crippen LogP contribution in [0.1, 0.15) is 56.0 Å². The van der Waals surface area contributed by atoms with Gasteiger partial charge in [-0.15, -0.1) is 0 Å². The Hall–Kier alpha value is -1.90. The first kappa shape index (κ1) is 25.1. The number of aliphatic hydroxyl groups is 1. The summed E-state index contributed by atoms with van der Waals surface area (Å²) in [5, 5.41) is 18.8. The molecule has 1 rings (SSSR count). The molecule has 0 saturated heterocycles. The molecule has 0 aliphatic heterocycles. The van der Waals surface area contributed by atoms with Crippen LogP contribution in [0.25, 0.3) is 0 Å².